The summed E-state index contributed by atoms with van der Waals surface area (Å²) in [6.07, 6.45) is 2.64. The third-order valence-corrected chi connectivity index (χ3v) is 3.06. The first-order valence-electron chi connectivity index (χ1n) is 5.57. The standard InChI is InChI=1S/C13H17BrO2/c1-2-3-7-12(15)10-16-9-11-6-4-5-8-13(11)14/h4-6,8H,2-3,7,9-10H2,1H3. The number of halogens is 1. The van der Waals surface area contributed by atoms with Gasteiger partial charge in [0.25, 0.3) is 0 Å². The molecule has 1 aromatic carbocycles. The third-order valence-electron chi connectivity index (χ3n) is 2.29. The Labute approximate surface area is 105 Å². The van der Waals surface area contributed by atoms with Crippen molar-refractivity contribution >= 4 is 21.7 Å². The van der Waals surface area contributed by atoms with Gasteiger partial charge >= 0.3 is 0 Å². The first-order chi connectivity index (χ1) is 7.74. The molecule has 0 saturated carbocycles. The van der Waals surface area contributed by atoms with Gasteiger partial charge in [0.1, 0.15) is 6.61 Å². The summed E-state index contributed by atoms with van der Waals surface area (Å²) in [5.41, 5.74) is 1.07. The van der Waals surface area contributed by atoms with Crippen LogP contribution < -0.4 is 0 Å². The van der Waals surface area contributed by atoms with Crippen molar-refractivity contribution < 1.29 is 9.53 Å². The molecule has 0 saturated heterocycles. The zero-order valence-electron chi connectivity index (χ0n) is 9.54. The van der Waals surface area contributed by atoms with Crippen molar-refractivity contribution in [1.82, 2.24) is 0 Å². The maximum atomic E-state index is 11.3. The summed E-state index contributed by atoms with van der Waals surface area (Å²) in [5, 5.41) is 0. The van der Waals surface area contributed by atoms with E-state index in [2.05, 4.69) is 22.9 Å². The predicted molar refractivity (Wildman–Crippen MR) is 68.3 cm³/mol. The molecule has 0 aliphatic carbocycles. The molecule has 0 radical (unpaired) electrons. The van der Waals surface area contributed by atoms with Crippen LogP contribution in [0.1, 0.15) is 31.7 Å². The molecule has 0 heterocycles. The Morgan fingerprint density at radius 2 is 2.12 bits per heavy atom. The van der Waals surface area contributed by atoms with Gasteiger partial charge in [-0.05, 0) is 18.1 Å². The molecule has 0 aromatic heterocycles. The van der Waals surface area contributed by atoms with Gasteiger partial charge in [0.05, 0.1) is 6.61 Å². The number of carbonyl (C=O) groups is 1. The maximum Gasteiger partial charge on any atom is 0.158 e. The number of unbranched alkanes of at least 4 members (excludes halogenated alkanes) is 1. The Kier molecular flexibility index (Phi) is 6.34. The first kappa shape index (κ1) is 13.4. The molecule has 0 aliphatic rings. The minimum Gasteiger partial charge on any atom is -0.369 e. The lowest BCUT2D eigenvalue weighted by Crippen LogP contribution is -2.08. The summed E-state index contributed by atoms with van der Waals surface area (Å²) in [6, 6.07) is 7.88. The molecule has 88 valence electrons. The van der Waals surface area contributed by atoms with E-state index in [-0.39, 0.29) is 12.4 Å². The van der Waals surface area contributed by atoms with Crippen molar-refractivity contribution in [1.29, 1.82) is 0 Å². The molecule has 0 amide bonds. The van der Waals surface area contributed by atoms with Gasteiger partial charge in [0, 0.05) is 10.9 Å². The number of ketones is 1. The zero-order valence-corrected chi connectivity index (χ0v) is 11.1. The number of carbonyl (C=O) groups excluding carboxylic acids is 1. The van der Waals surface area contributed by atoms with Gasteiger partial charge in [-0.15, -0.1) is 0 Å². The third kappa shape index (κ3) is 4.90. The second kappa shape index (κ2) is 7.58. The van der Waals surface area contributed by atoms with Crippen LogP contribution in [0.4, 0.5) is 0 Å². The van der Waals surface area contributed by atoms with Crippen LogP contribution in [0.2, 0.25) is 0 Å². The Morgan fingerprint density at radius 3 is 2.81 bits per heavy atom. The lowest BCUT2D eigenvalue weighted by atomic mass is 10.2. The van der Waals surface area contributed by atoms with E-state index in [0.29, 0.717) is 13.0 Å². The molecular formula is C13H17BrO2. The molecule has 0 unspecified atom stereocenters. The fourth-order valence-corrected chi connectivity index (χ4v) is 1.74. The fourth-order valence-electron chi connectivity index (χ4n) is 1.34. The van der Waals surface area contributed by atoms with E-state index in [0.717, 1.165) is 22.9 Å². The maximum absolute atomic E-state index is 11.3. The van der Waals surface area contributed by atoms with E-state index in [1.807, 2.05) is 24.3 Å². The molecule has 0 aliphatic heterocycles. The monoisotopic (exact) mass is 284 g/mol. The second-order valence-electron chi connectivity index (χ2n) is 3.73. The van der Waals surface area contributed by atoms with Crippen molar-refractivity contribution in [3.8, 4) is 0 Å². The van der Waals surface area contributed by atoms with Gasteiger partial charge < -0.3 is 4.74 Å². The highest BCUT2D eigenvalue weighted by atomic mass is 79.9. The Morgan fingerprint density at radius 1 is 1.38 bits per heavy atom. The lowest BCUT2D eigenvalue weighted by molar-refractivity contribution is -0.124. The summed E-state index contributed by atoms with van der Waals surface area (Å²) >= 11 is 3.44. The molecule has 0 fully saturated rings. The molecule has 0 atom stereocenters. The Balaban J connectivity index is 2.25. The van der Waals surface area contributed by atoms with E-state index >= 15 is 0 Å². The normalized spacial score (nSPS) is 10.4. The van der Waals surface area contributed by atoms with Gasteiger partial charge in [-0.3, -0.25) is 4.79 Å². The number of Topliss-reactive ketones (excluding diaryl/α,β-unsaturated/α-hetero) is 1. The second-order valence-corrected chi connectivity index (χ2v) is 4.58. The van der Waals surface area contributed by atoms with Crippen molar-refractivity contribution in [2.45, 2.75) is 32.8 Å². The van der Waals surface area contributed by atoms with Crippen LogP contribution in [0.5, 0.6) is 0 Å². The van der Waals surface area contributed by atoms with Crippen LogP contribution in [0.25, 0.3) is 0 Å². The van der Waals surface area contributed by atoms with Crippen LogP contribution in [-0.2, 0) is 16.1 Å². The molecule has 1 rings (SSSR count). The van der Waals surface area contributed by atoms with Gasteiger partial charge in [0.2, 0.25) is 0 Å². The number of hydrogen-bond donors (Lipinski definition) is 0. The van der Waals surface area contributed by atoms with Gasteiger partial charge in [-0.2, -0.15) is 0 Å². The highest BCUT2D eigenvalue weighted by Gasteiger charge is 2.03. The minimum absolute atomic E-state index is 0.189. The number of benzene rings is 1. The average Bonchev–Trinajstić information content (AvgIpc) is 2.29. The van der Waals surface area contributed by atoms with Crippen molar-refractivity contribution in [2.75, 3.05) is 6.61 Å². The Bertz CT molecular complexity index is 336. The highest BCUT2D eigenvalue weighted by Crippen LogP contribution is 2.16. The van der Waals surface area contributed by atoms with Crippen molar-refractivity contribution in [3.05, 3.63) is 34.3 Å². The summed E-state index contributed by atoms with van der Waals surface area (Å²) in [5.74, 6) is 0.189. The van der Waals surface area contributed by atoms with Crippen LogP contribution in [0.3, 0.4) is 0 Å². The predicted octanol–water partition coefficient (Wildman–Crippen LogP) is 3.73. The molecule has 3 heteroatoms. The smallest absolute Gasteiger partial charge is 0.158 e. The number of hydrogen-bond acceptors (Lipinski definition) is 2. The van der Waals surface area contributed by atoms with Crippen molar-refractivity contribution in [2.24, 2.45) is 0 Å². The fraction of sp³-hybridized carbons (Fsp3) is 0.462. The van der Waals surface area contributed by atoms with E-state index < -0.39 is 0 Å². The highest BCUT2D eigenvalue weighted by molar-refractivity contribution is 9.10. The molecule has 1 aromatic rings. The molecule has 0 N–H and O–H groups in total. The van der Waals surface area contributed by atoms with Crippen LogP contribution in [0.15, 0.2) is 28.7 Å². The van der Waals surface area contributed by atoms with Crippen LogP contribution in [0, 0.1) is 0 Å². The lowest BCUT2D eigenvalue weighted by Gasteiger charge is -2.05. The number of ether oxygens (including phenoxy) is 1. The average molecular weight is 285 g/mol. The molecule has 16 heavy (non-hydrogen) atoms. The first-order valence-corrected chi connectivity index (χ1v) is 6.36. The van der Waals surface area contributed by atoms with Gasteiger partial charge in [-0.1, -0.05) is 47.5 Å². The Hall–Kier alpha value is -0.670. The molecular weight excluding hydrogens is 268 g/mol. The summed E-state index contributed by atoms with van der Waals surface area (Å²) in [6.45, 7) is 2.79. The zero-order chi connectivity index (χ0) is 11.8. The minimum atomic E-state index is 0.189. The molecule has 0 spiro atoms. The topological polar surface area (TPSA) is 26.3 Å². The van der Waals surface area contributed by atoms with E-state index in [1.165, 1.54) is 0 Å². The number of rotatable bonds is 7. The van der Waals surface area contributed by atoms with E-state index in [1.54, 1.807) is 0 Å². The SMILES string of the molecule is CCCCC(=O)COCc1ccccc1Br. The summed E-state index contributed by atoms with van der Waals surface area (Å²) in [4.78, 5) is 11.3. The van der Waals surface area contributed by atoms with Crippen LogP contribution >= 0.6 is 15.9 Å². The summed E-state index contributed by atoms with van der Waals surface area (Å²) < 4.78 is 6.40. The van der Waals surface area contributed by atoms with Crippen LogP contribution in [-0.4, -0.2) is 12.4 Å². The quantitative estimate of drug-likeness (QED) is 0.763. The molecule has 0 bridgehead atoms. The van der Waals surface area contributed by atoms with E-state index in [9.17, 15) is 4.79 Å². The van der Waals surface area contributed by atoms with Gasteiger partial charge in [-0.25, -0.2) is 0 Å². The largest absolute Gasteiger partial charge is 0.369 e. The molecule has 2 nitrogen and oxygen atoms in total. The van der Waals surface area contributed by atoms with E-state index in [4.69, 9.17) is 4.74 Å². The summed E-state index contributed by atoms with van der Waals surface area (Å²) in [7, 11) is 0. The van der Waals surface area contributed by atoms with Crippen molar-refractivity contribution in [3.63, 3.8) is 0 Å². The van der Waals surface area contributed by atoms with Gasteiger partial charge in [0.15, 0.2) is 5.78 Å².